The van der Waals surface area contributed by atoms with Crippen LogP contribution in [-0.2, 0) is 4.74 Å². The molecular weight excluding hydrogens is 264 g/mol. The first-order valence-corrected chi connectivity index (χ1v) is 6.83. The molecule has 1 aliphatic heterocycles. The molecule has 5 heteroatoms. The number of fused-ring (bicyclic) bond motifs is 1. The Morgan fingerprint density at radius 3 is 2.95 bits per heavy atom. The highest BCUT2D eigenvalue weighted by Crippen LogP contribution is 2.35. The van der Waals surface area contributed by atoms with Gasteiger partial charge in [0.05, 0.1) is 12.1 Å². The Morgan fingerprint density at radius 2 is 2.26 bits per heavy atom. The van der Waals surface area contributed by atoms with Gasteiger partial charge in [-0.25, -0.2) is 5.43 Å². The summed E-state index contributed by atoms with van der Waals surface area (Å²) in [6.07, 6.45) is 1.16. The molecule has 3 unspecified atom stereocenters. The highest BCUT2D eigenvalue weighted by molar-refractivity contribution is 6.31. The van der Waals surface area contributed by atoms with E-state index in [1.807, 2.05) is 24.3 Å². The SMILES string of the molecule is CC1OCCC1C(NN)c1cc2cc(Cl)ccc2o1. The van der Waals surface area contributed by atoms with E-state index in [0.717, 1.165) is 29.8 Å². The van der Waals surface area contributed by atoms with Crippen LogP contribution in [0.25, 0.3) is 11.0 Å². The first-order chi connectivity index (χ1) is 9.19. The van der Waals surface area contributed by atoms with Crippen LogP contribution in [0.15, 0.2) is 28.7 Å². The van der Waals surface area contributed by atoms with Crippen molar-refractivity contribution in [2.24, 2.45) is 11.8 Å². The Morgan fingerprint density at radius 1 is 1.42 bits per heavy atom. The Hall–Kier alpha value is -1.07. The minimum absolute atomic E-state index is 0.0383. The van der Waals surface area contributed by atoms with Gasteiger partial charge in [-0.2, -0.15) is 0 Å². The lowest BCUT2D eigenvalue weighted by Crippen LogP contribution is -2.35. The Balaban J connectivity index is 1.96. The fraction of sp³-hybridized carbons (Fsp3) is 0.429. The summed E-state index contributed by atoms with van der Waals surface area (Å²) in [6, 6.07) is 7.55. The predicted molar refractivity (Wildman–Crippen MR) is 74.8 cm³/mol. The number of rotatable bonds is 3. The molecular formula is C14H17ClN2O2. The van der Waals surface area contributed by atoms with Crippen LogP contribution in [0.2, 0.25) is 5.02 Å². The topological polar surface area (TPSA) is 60.4 Å². The molecule has 4 nitrogen and oxygen atoms in total. The van der Waals surface area contributed by atoms with Crippen molar-refractivity contribution in [1.29, 1.82) is 0 Å². The normalized spacial score (nSPS) is 25.0. The van der Waals surface area contributed by atoms with Gasteiger partial charge in [-0.15, -0.1) is 0 Å². The van der Waals surface area contributed by atoms with Gasteiger partial charge < -0.3 is 9.15 Å². The van der Waals surface area contributed by atoms with Crippen molar-refractivity contribution in [3.05, 3.63) is 35.0 Å². The van der Waals surface area contributed by atoms with Gasteiger partial charge in [-0.1, -0.05) is 11.6 Å². The zero-order valence-corrected chi connectivity index (χ0v) is 11.5. The van der Waals surface area contributed by atoms with Crippen molar-refractivity contribution in [1.82, 2.24) is 5.43 Å². The van der Waals surface area contributed by atoms with E-state index in [1.54, 1.807) is 0 Å². The smallest absolute Gasteiger partial charge is 0.134 e. The molecule has 0 amide bonds. The van der Waals surface area contributed by atoms with E-state index in [9.17, 15) is 0 Å². The monoisotopic (exact) mass is 280 g/mol. The number of halogens is 1. The number of hydrazine groups is 1. The fourth-order valence-corrected chi connectivity index (χ4v) is 2.97. The Bertz CT molecular complexity index is 584. The van der Waals surface area contributed by atoms with Gasteiger partial charge in [-0.05, 0) is 37.6 Å². The maximum Gasteiger partial charge on any atom is 0.134 e. The second-order valence-corrected chi connectivity index (χ2v) is 5.44. The molecule has 3 rings (SSSR count). The summed E-state index contributed by atoms with van der Waals surface area (Å²) in [5.74, 6) is 6.86. The molecule has 3 atom stereocenters. The summed E-state index contributed by atoms with van der Waals surface area (Å²) in [4.78, 5) is 0. The third-order valence-corrected chi connectivity index (χ3v) is 4.08. The van der Waals surface area contributed by atoms with Crippen molar-refractivity contribution in [3.8, 4) is 0 Å². The molecule has 2 aromatic rings. The van der Waals surface area contributed by atoms with Crippen LogP contribution in [0.1, 0.15) is 25.1 Å². The van der Waals surface area contributed by atoms with Crippen LogP contribution >= 0.6 is 11.6 Å². The fourth-order valence-electron chi connectivity index (χ4n) is 2.79. The van der Waals surface area contributed by atoms with E-state index >= 15 is 0 Å². The van der Waals surface area contributed by atoms with Gasteiger partial charge in [-0.3, -0.25) is 5.84 Å². The summed E-state index contributed by atoms with van der Waals surface area (Å²) in [7, 11) is 0. The van der Waals surface area contributed by atoms with Crippen molar-refractivity contribution in [2.75, 3.05) is 6.61 Å². The molecule has 1 saturated heterocycles. The minimum Gasteiger partial charge on any atom is -0.459 e. The largest absolute Gasteiger partial charge is 0.459 e. The first kappa shape index (κ1) is 12.9. The van der Waals surface area contributed by atoms with Gasteiger partial charge in [0.25, 0.3) is 0 Å². The predicted octanol–water partition coefficient (Wildman–Crippen LogP) is 3.02. The summed E-state index contributed by atoms with van der Waals surface area (Å²) in [5, 5.41) is 1.70. The van der Waals surface area contributed by atoms with Gasteiger partial charge in [0, 0.05) is 22.9 Å². The average Bonchev–Trinajstić information content (AvgIpc) is 2.97. The van der Waals surface area contributed by atoms with Crippen LogP contribution in [-0.4, -0.2) is 12.7 Å². The molecule has 1 aliphatic rings. The third kappa shape index (κ3) is 2.37. The number of nitrogens with two attached hydrogens (primary N) is 1. The summed E-state index contributed by atoms with van der Waals surface area (Å²) < 4.78 is 11.5. The summed E-state index contributed by atoms with van der Waals surface area (Å²) >= 11 is 5.99. The molecule has 0 aliphatic carbocycles. The van der Waals surface area contributed by atoms with Crippen molar-refractivity contribution >= 4 is 22.6 Å². The van der Waals surface area contributed by atoms with E-state index in [0.29, 0.717) is 10.9 Å². The Kier molecular flexibility index (Phi) is 3.50. The maximum absolute atomic E-state index is 5.99. The van der Waals surface area contributed by atoms with Crippen molar-refractivity contribution in [2.45, 2.75) is 25.5 Å². The highest BCUT2D eigenvalue weighted by Gasteiger charge is 2.34. The summed E-state index contributed by atoms with van der Waals surface area (Å²) in [5.41, 5.74) is 3.68. The average molecular weight is 281 g/mol. The first-order valence-electron chi connectivity index (χ1n) is 6.46. The van der Waals surface area contributed by atoms with E-state index in [-0.39, 0.29) is 12.1 Å². The van der Waals surface area contributed by atoms with Crippen LogP contribution in [0.3, 0.4) is 0 Å². The standard InChI is InChI=1S/C14H17ClN2O2/c1-8-11(4-5-18-8)14(17-16)13-7-9-6-10(15)2-3-12(9)19-13/h2-3,6-8,11,14,17H,4-5,16H2,1H3. The molecule has 19 heavy (non-hydrogen) atoms. The molecule has 102 valence electrons. The molecule has 1 aromatic carbocycles. The third-order valence-electron chi connectivity index (χ3n) is 3.85. The number of ether oxygens (including phenoxy) is 1. The summed E-state index contributed by atoms with van der Waals surface area (Å²) in [6.45, 7) is 2.84. The lowest BCUT2D eigenvalue weighted by atomic mass is 9.92. The zero-order chi connectivity index (χ0) is 13.4. The van der Waals surface area contributed by atoms with E-state index in [4.69, 9.17) is 26.6 Å². The molecule has 0 saturated carbocycles. The van der Waals surface area contributed by atoms with Gasteiger partial charge in [0.15, 0.2) is 0 Å². The molecule has 1 fully saturated rings. The van der Waals surface area contributed by atoms with Crippen molar-refractivity contribution < 1.29 is 9.15 Å². The second-order valence-electron chi connectivity index (χ2n) is 5.00. The molecule has 0 radical (unpaired) electrons. The lowest BCUT2D eigenvalue weighted by Gasteiger charge is -2.23. The van der Waals surface area contributed by atoms with Gasteiger partial charge in [0.1, 0.15) is 11.3 Å². The highest BCUT2D eigenvalue weighted by atomic mass is 35.5. The molecule has 0 bridgehead atoms. The molecule has 2 heterocycles. The van der Waals surface area contributed by atoms with Crippen molar-refractivity contribution in [3.63, 3.8) is 0 Å². The maximum atomic E-state index is 5.99. The number of benzene rings is 1. The molecule has 3 N–H and O–H groups in total. The number of hydrogen-bond donors (Lipinski definition) is 2. The van der Waals surface area contributed by atoms with Crippen LogP contribution < -0.4 is 11.3 Å². The minimum atomic E-state index is -0.0383. The number of furan rings is 1. The molecule has 1 aromatic heterocycles. The quantitative estimate of drug-likeness (QED) is 0.670. The van der Waals surface area contributed by atoms with Gasteiger partial charge in [0.2, 0.25) is 0 Å². The van der Waals surface area contributed by atoms with E-state index < -0.39 is 0 Å². The van der Waals surface area contributed by atoms with Crippen LogP contribution in [0, 0.1) is 5.92 Å². The van der Waals surface area contributed by atoms with Gasteiger partial charge >= 0.3 is 0 Å². The lowest BCUT2D eigenvalue weighted by molar-refractivity contribution is 0.0927. The van der Waals surface area contributed by atoms with E-state index in [1.165, 1.54) is 0 Å². The second kappa shape index (κ2) is 5.13. The number of hydrogen-bond acceptors (Lipinski definition) is 4. The van der Waals surface area contributed by atoms with Crippen LogP contribution in [0.5, 0.6) is 0 Å². The number of nitrogens with one attached hydrogen (secondary N) is 1. The van der Waals surface area contributed by atoms with Crippen LogP contribution in [0.4, 0.5) is 0 Å². The van der Waals surface area contributed by atoms with E-state index in [2.05, 4.69) is 12.3 Å². The zero-order valence-electron chi connectivity index (χ0n) is 10.7. The Labute approximate surface area is 116 Å². The molecule has 0 spiro atoms.